The number of carbonyl (C=O) groups is 3. The van der Waals surface area contributed by atoms with Crippen molar-refractivity contribution < 1.29 is 14.4 Å². The van der Waals surface area contributed by atoms with Crippen LogP contribution in [0.4, 0.5) is 4.79 Å². The Morgan fingerprint density at radius 3 is 2.08 bits per heavy atom. The summed E-state index contributed by atoms with van der Waals surface area (Å²) in [6.07, 6.45) is 1.21. The van der Waals surface area contributed by atoms with E-state index in [9.17, 15) is 14.4 Å². The van der Waals surface area contributed by atoms with Crippen LogP contribution in [0.2, 0.25) is 0 Å². The molecule has 0 unspecified atom stereocenters. The lowest BCUT2D eigenvalue weighted by molar-refractivity contribution is -0.136. The largest absolute Gasteiger partial charge is 0.328 e. The standard InChI is InChI=1S/C7H10N2O3/c1-2-3-4-5(10)8-7(12)9-6(4)11/h4H,2-3H2,1H3,(H2,8,9,10,11,12). The van der Waals surface area contributed by atoms with Gasteiger partial charge in [-0.05, 0) is 6.42 Å². The third-order valence-electron chi connectivity index (χ3n) is 1.68. The quantitative estimate of drug-likeness (QED) is 0.562. The summed E-state index contributed by atoms with van der Waals surface area (Å²) in [5.74, 6) is -1.69. The highest BCUT2D eigenvalue weighted by molar-refractivity contribution is 6.16. The van der Waals surface area contributed by atoms with Gasteiger partial charge in [-0.25, -0.2) is 4.79 Å². The van der Waals surface area contributed by atoms with Crippen molar-refractivity contribution in [2.75, 3.05) is 0 Å². The third kappa shape index (κ3) is 1.61. The fourth-order valence-electron chi connectivity index (χ4n) is 1.10. The van der Waals surface area contributed by atoms with Crippen molar-refractivity contribution in [1.82, 2.24) is 10.6 Å². The van der Waals surface area contributed by atoms with Crippen LogP contribution in [0.3, 0.4) is 0 Å². The monoisotopic (exact) mass is 170 g/mol. The fourth-order valence-corrected chi connectivity index (χ4v) is 1.10. The first-order valence-corrected chi connectivity index (χ1v) is 3.81. The normalized spacial score (nSPS) is 18.9. The lowest BCUT2D eigenvalue weighted by atomic mass is 10.0. The number of hydrogen-bond donors (Lipinski definition) is 2. The molecule has 0 radical (unpaired) electrons. The number of amides is 4. The van der Waals surface area contributed by atoms with E-state index in [0.717, 1.165) is 6.42 Å². The predicted molar refractivity (Wildman–Crippen MR) is 40.1 cm³/mol. The molecule has 4 amide bonds. The highest BCUT2D eigenvalue weighted by atomic mass is 16.2. The van der Waals surface area contributed by atoms with Crippen LogP contribution in [0, 0.1) is 5.92 Å². The van der Waals surface area contributed by atoms with Gasteiger partial charge in [0.05, 0.1) is 0 Å². The summed E-state index contributed by atoms with van der Waals surface area (Å²) >= 11 is 0. The molecule has 0 aromatic heterocycles. The van der Waals surface area contributed by atoms with E-state index in [2.05, 4.69) is 0 Å². The summed E-state index contributed by atoms with van der Waals surface area (Å²) in [5, 5.41) is 4.07. The Hall–Kier alpha value is -1.39. The van der Waals surface area contributed by atoms with Crippen LogP contribution in [0.1, 0.15) is 19.8 Å². The molecule has 1 heterocycles. The maximum atomic E-state index is 11.0. The highest BCUT2D eigenvalue weighted by Crippen LogP contribution is 2.08. The van der Waals surface area contributed by atoms with Crippen LogP contribution in [0.25, 0.3) is 0 Å². The van der Waals surface area contributed by atoms with Crippen molar-refractivity contribution in [3.05, 3.63) is 0 Å². The highest BCUT2D eigenvalue weighted by Gasteiger charge is 2.32. The average Bonchev–Trinajstić information content (AvgIpc) is 1.96. The Labute approximate surface area is 69.5 Å². The Bertz CT molecular complexity index is 217. The topological polar surface area (TPSA) is 75.3 Å². The van der Waals surface area contributed by atoms with Gasteiger partial charge < -0.3 is 0 Å². The zero-order chi connectivity index (χ0) is 9.14. The minimum atomic E-state index is -0.725. The predicted octanol–water partition coefficient (Wildman–Crippen LogP) is -0.231. The molecule has 12 heavy (non-hydrogen) atoms. The Balaban J connectivity index is 2.67. The van der Waals surface area contributed by atoms with Crippen LogP contribution in [0.15, 0.2) is 0 Å². The van der Waals surface area contributed by atoms with E-state index in [-0.39, 0.29) is 0 Å². The number of nitrogens with one attached hydrogen (secondary N) is 2. The zero-order valence-corrected chi connectivity index (χ0v) is 6.72. The lowest BCUT2D eigenvalue weighted by Gasteiger charge is -2.19. The Kier molecular flexibility index (Phi) is 2.42. The van der Waals surface area contributed by atoms with Gasteiger partial charge in [0.2, 0.25) is 11.8 Å². The van der Waals surface area contributed by atoms with Gasteiger partial charge in [-0.3, -0.25) is 20.2 Å². The summed E-state index contributed by atoms with van der Waals surface area (Å²) in [6, 6.07) is -0.725. The molecule has 5 heteroatoms. The molecule has 0 bridgehead atoms. The lowest BCUT2D eigenvalue weighted by Crippen LogP contribution is -2.55. The fraction of sp³-hybridized carbons (Fsp3) is 0.571. The molecular formula is C7H10N2O3. The minimum Gasteiger partial charge on any atom is -0.277 e. The molecule has 0 saturated carbocycles. The molecule has 1 fully saturated rings. The molecule has 0 spiro atoms. The van der Waals surface area contributed by atoms with Crippen LogP contribution in [-0.4, -0.2) is 17.8 Å². The summed E-state index contributed by atoms with van der Waals surface area (Å²) in [7, 11) is 0. The molecule has 0 aromatic rings. The van der Waals surface area contributed by atoms with Gasteiger partial charge in [-0.2, -0.15) is 0 Å². The second-order valence-electron chi connectivity index (χ2n) is 2.65. The molecular weight excluding hydrogens is 160 g/mol. The van der Waals surface area contributed by atoms with Gasteiger partial charge in [-0.1, -0.05) is 13.3 Å². The van der Waals surface area contributed by atoms with Gasteiger partial charge in [-0.15, -0.1) is 0 Å². The van der Waals surface area contributed by atoms with Crippen molar-refractivity contribution in [2.24, 2.45) is 5.92 Å². The van der Waals surface area contributed by atoms with Crippen molar-refractivity contribution in [3.63, 3.8) is 0 Å². The smallest absolute Gasteiger partial charge is 0.277 e. The number of carbonyl (C=O) groups excluding carboxylic acids is 3. The summed E-state index contributed by atoms with van der Waals surface area (Å²) in [5.41, 5.74) is 0. The zero-order valence-electron chi connectivity index (χ0n) is 6.72. The molecule has 0 aromatic carbocycles. The van der Waals surface area contributed by atoms with E-state index >= 15 is 0 Å². The van der Waals surface area contributed by atoms with E-state index in [4.69, 9.17) is 0 Å². The molecule has 0 aliphatic carbocycles. The van der Waals surface area contributed by atoms with Crippen LogP contribution in [-0.2, 0) is 9.59 Å². The van der Waals surface area contributed by atoms with Crippen molar-refractivity contribution in [1.29, 1.82) is 0 Å². The molecule has 0 atom stereocenters. The second-order valence-corrected chi connectivity index (χ2v) is 2.65. The van der Waals surface area contributed by atoms with Crippen LogP contribution >= 0.6 is 0 Å². The maximum Gasteiger partial charge on any atom is 0.328 e. The van der Waals surface area contributed by atoms with E-state index in [1.165, 1.54) is 0 Å². The third-order valence-corrected chi connectivity index (χ3v) is 1.68. The van der Waals surface area contributed by atoms with Crippen LogP contribution in [0.5, 0.6) is 0 Å². The van der Waals surface area contributed by atoms with Crippen molar-refractivity contribution in [3.8, 4) is 0 Å². The Morgan fingerprint density at radius 1 is 1.17 bits per heavy atom. The molecule has 1 rings (SSSR count). The molecule has 1 aliphatic heterocycles. The second kappa shape index (κ2) is 3.34. The number of imide groups is 2. The SMILES string of the molecule is CCCC1C(=O)NC(=O)NC1=O. The average molecular weight is 170 g/mol. The van der Waals surface area contributed by atoms with Gasteiger partial charge in [0, 0.05) is 0 Å². The van der Waals surface area contributed by atoms with Crippen molar-refractivity contribution in [2.45, 2.75) is 19.8 Å². The van der Waals surface area contributed by atoms with Crippen molar-refractivity contribution >= 4 is 17.8 Å². The van der Waals surface area contributed by atoms with Gasteiger partial charge in [0.1, 0.15) is 5.92 Å². The van der Waals surface area contributed by atoms with E-state index in [0.29, 0.717) is 6.42 Å². The first kappa shape index (κ1) is 8.70. The molecule has 5 nitrogen and oxygen atoms in total. The number of hydrogen-bond acceptors (Lipinski definition) is 3. The van der Waals surface area contributed by atoms with Crippen LogP contribution < -0.4 is 10.6 Å². The van der Waals surface area contributed by atoms with Gasteiger partial charge in [0.15, 0.2) is 0 Å². The molecule has 1 aliphatic rings. The first-order valence-electron chi connectivity index (χ1n) is 3.81. The maximum absolute atomic E-state index is 11.0. The van der Waals surface area contributed by atoms with Gasteiger partial charge >= 0.3 is 6.03 Å². The molecule has 1 saturated heterocycles. The molecule has 2 N–H and O–H groups in total. The number of barbiturate groups is 1. The summed E-state index contributed by atoms with van der Waals surface area (Å²) in [6.45, 7) is 1.87. The summed E-state index contributed by atoms with van der Waals surface area (Å²) < 4.78 is 0. The number of rotatable bonds is 2. The Morgan fingerprint density at radius 2 is 1.67 bits per heavy atom. The van der Waals surface area contributed by atoms with E-state index in [1.54, 1.807) is 0 Å². The minimum absolute atomic E-state index is 0.477. The summed E-state index contributed by atoms with van der Waals surface area (Å²) in [4.78, 5) is 32.6. The van der Waals surface area contributed by atoms with E-state index < -0.39 is 23.8 Å². The molecule has 66 valence electrons. The number of urea groups is 1. The van der Waals surface area contributed by atoms with Gasteiger partial charge in [0.25, 0.3) is 0 Å². The van der Waals surface area contributed by atoms with E-state index in [1.807, 2.05) is 17.6 Å². The first-order chi connectivity index (χ1) is 5.65.